The van der Waals surface area contributed by atoms with Crippen LogP contribution in [0.25, 0.3) is 10.9 Å². The minimum atomic E-state index is 1.15. The lowest BCUT2D eigenvalue weighted by atomic mass is 10.1. The molecule has 2 rings (SSSR count). The summed E-state index contributed by atoms with van der Waals surface area (Å²) in [7, 11) is 0. The van der Waals surface area contributed by atoms with Crippen LogP contribution in [0.5, 0.6) is 0 Å². The first-order chi connectivity index (χ1) is 6.74. The third-order valence-electron chi connectivity index (χ3n) is 2.59. The van der Waals surface area contributed by atoms with Crippen molar-refractivity contribution in [2.75, 3.05) is 0 Å². The molecular formula is C12H14BrN. The van der Waals surface area contributed by atoms with Crippen molar-refractivity contribution < 1.29 is 0 Å². The van der Waals surface area contributed by atoms with E-state index in [1.54, 1.807) is 0 Å². The van der Waals surface area contributed by atoms with Gasteiger partial charge in [0.25, 0.3) is 0 Å². The highest BCUT2D eigenvalue weighted by molar-refractivity contribution is 9.10. The molecule has 1 heterocycles. The molecule has 0 radical (unpaired) electrons. The number of fused-ring (bicyclic) bond motifs is 1. The van der Waals surface area contributed by atoms with E-state index in [-0.39, 0.29) is 0 Å². The van der Waals surface area contributed by atoms with Crippen LogP contribution >= 0.6 is 15.9 Å². The molecule has 1 aromatic heterocycles. The molecule has 0 saturated carbocycles. The molecule has 2 aromatic rings. The molecule has 2 heteroatoms. The number of aromatic amines is 1. The highest BCUT2D eigenvalue weighted by Crippen LogP contribution is 2.29. The number of aryl methyl sites for hydroxylation is 2. The molecule has 1 N–H and O–H groups in total. The van der Waals surface area contributed by atoms with Crippen LogP contribution in [0.15, 0.2) is 22.8 Å². The number of nitrogens with one attached hydrogen (secondary N) is 1. The van der Waals surface area contributed by atoms with Crippen LogP contribution in [0.2, 0.25) is 0 Å². The smallest absolute Gasteiger partial charge is 0.0603 e. The number of aromatic nitrogens is 1. The summed E-state index contributed by atoms with van der Waals surface area (Å²) in [6.07, 6.45) is 4.46. The second-order valence-electron chi connectivity index (χ2n) is 3.68. The van der Waals surface area contributed by atoms with Gasteiger partial charge in [-0.25, -0.2) is 0 Å². The van der Waals surface area contributed by atoms with Crippen molar-refractivity contribution in [2.45, 2.75) is 26.7 Å². The summed E-state index contributed by atoms with van der Waals surface area (Å²) in [4.78, 5) is 3.34. The average molecular weight is 252 g/mol. The first-order valence-electron chi connectivity index (χ1n) is 4.99. The van der Waals surface area contributed by atoms with Gasteiger partial charge >= 0.3 is 0 Å². The largest absolute Gasteiger partial charge is 0.360 e. The normalized spacial score (nSPS) is 11.1. The Morgan fingerprint density at radius 1 is 1.36 bits per heavy atom. The molecule has 0 aliphatic carbocycles. The van der Waals surface area contributed by atoms with Crippen molar-refractivity contribution in [3.63, 3.8) is 0 Å². The molecule has 0 spiro atoms. The monoisotopic (exact) mass is 251 g/mol. The zero-order valence-electron chi connectivity index (χ0n) is 8.52. The summed E-state index contributed by atoms with van der Waals surface area (Å²) in [5, 5.41) is 1.35. The topological polar surface area (TPSA) is 15.8 Å². The Labute approximate surface area is 92.6 Å². The number of hydrogen-bond acceptors (Lipinski definition) is 0. The Morgan fingerprint density at radius 3 is 2.86 bits per heavy atom. The van der Waals surface area contributed by atoms with Crippen molar-refractivity contribution in [1.82, 2.24) is 4.98 Å². The van der Waals surface area contributed by atoms with Crippen molar-refractivity contribution in [1.29, 1.82) is 0 Å². The quantitative estimate of drug-likeness (QED) is 0.824. The van der Waals surface area contributed by atoms with Gasteiger partial charge in [0.2, 0.25) is 0 Å². The first kappa shape index (κ1) is 9.78. The van der Waals surface area contributed by atoms with E-state index in [2.05, 4.69) is 53.1 Å². The van der Waals surface area contributed by atoms with E-state index in [1.807, 2.05) is 0 Å². The molecule has 0 fully saturated rings. The van der Waals surface area contributed by atoms with Crippen LogP contribution in [0, 0.1) is 6.92 Å². The molecule has 0 saturated heterocycles. The third-order valence-corrected chi connectivity index (χ3v) is 3.61. The Bertz CT molecular complexity index is 457. The van der Waals surface area contributed by atoms with E-state index in [4.69, 9.17) is 0 Å². The molecule has 0 atom stereocenters. The standard InChI is InChI=1S/C12H14BrN/c1-3-4-9-7-14-12-10(9)6-5-8(2)11(12)13/h5-7,14H,3-4H2,1-2H3. The predicted molar refractivity (Wildman–Crippen MR) is 64.7 cm³/mol. The summed E-state index contributed by atoms with van der Waals surface area (Å²) >= 11 is 3.61. The molecule has 1 nitrogen and oxygen atoms in total. The Balaban J connectivity index is 2.64. The van der Waals surface area contributed by atoms with Gasteiger partial charge in [-0.15, -0.1) is 0 Å². The van der Waals surface area contributed by atoms with E-state index in [0.29, 0.717) is 0 Å². The summed E-state index contributed by atoms with van der Waals surface area (Å²) in [5.74, 6) is 0. The minimum Gasteiger partial charge on any atom is -0.360 e. The molecule has 0 bridgehead atoms. The van der Waals surface area contributed by atoms with Crippen molar-refractivity contribution in [3.05, 3.63) is 33.9 Å². The van der Waals surface area contributed by atoms with Crippen LogP contribution in [0.3, 0.4) is 0 Å². The van der Waals surface area contributed by atoms with Gasteiger partial charge in [0, 0.05) is 16.1 Å². The highest BCUT2D eigenvalue weighted by atomic mass is 79.9. The van der Waals surface area contributed by atoms with E-state index in [0.717, 1.165) is 6.42 Å². The molecule has 0 amide bonds. The summed E-state index contributed by atoms with van der Waals surface area (Å²) in [6, 6.07) is 4.37. The molecule has 0 aliphatic rings. The Morgan fingerprint density at radius 2 is 2.14 bits per heavy atom. The zero-order valence-corrected chi connectivity index (χ0v) is 10.1. The summed E-state index contributed by atoms with van der Waals surface area (Å²) in [6.45, 7) is 4.33. The van der Waals surface area contributed by atoms with Gasteiger partial charge in [0.1, 0.15) is 0 Å². The summed E-state index contributed by atoms with van der Waals surface area (Å²) < 4.78 is 1.19. The first-order valence-corrected chi connectivity index (χ1v) is 5.78. The van der Waals surface area contributed by atoms with E-state index < -0.39 is 0 Å². The predicted octanol–water partition coefficient (Wildman–Crippen LogP) is 4.19. The fourth-order valence-electron chi connectivity index (χ4n) is 1.80. The molecule has 0 aliphatic heterocycles. The highest BCUT2D eigenvalue weighted by Gasteiger charge is 2.06. The van der Waals surface area contributed by atoms with E-state index >= 15 is 0 Å². The fourth-order valence-corrected chi connectivity index (χ4v) is 2.26. The summed E-state index contributed by atoms with van der Waals surface area (Å²) in [5.41, 5.74) is 3.93. The lowest BCUT2D eigenvalue weighted by Gasteiger charge is -2.00. The third kappa shape index (κ3) is 1.48. The van der Waals surface area contributed by atoms with Crippen LogP contribution in [0.1, 0.15) is 24.5 Å². The average Bonchev–Trinajstić information content (AvgIpc) is 2.57. The SMILES string of the molecule is CCCc1c[nH]c2c(Br)c(C)ccc12. The maximum Gasteiger partial charge on any atom is 0.0603 e. The van der Waals surface area contributed by atoms with Gasteiger partial charge in [-0.3, -0.25) is 0 Å². The maximum atomic E-state index is 3.61. The number of hydrogen-bond donors (Lipinski definition) is 1. The van der Waals surface area contributed by atoms with Crippen LogP contribution in [-0.4, -0.2) is 4.98 Å². The van der Waals surface area contributed by atoms with Gasteiger partial charge in [0.05, 0.1) is 5.52 Å². The molecule has 1 aromatic carbocycles. The molecule has 74 valence electrons. The van der Waals surface area contributed by atoms with Gasteiger partial charge in [-0.1, -0.05) is 25.5 Å². The fraction of sp³-hybridized carbons (Fsp3) is 0.333. The Hall–Kier alpha value is -0.760. The van der Waals surface area contributed by atoms with Gasteiger partial charge < -0.3 is 4.98 Å². The lowest BCUT2D eigenvalue weighted by Crippen LogP contribution is -1.81. The second-order valence-corrected chi connectivity index (χ2v) is 4.48. The molecular weight excluding hydrogens is 238 g/mol. The minimum absolute atomic E-state index is 1.15. The van der Waals surface area contributed by atoms with E-state index in [1.165, 1.54) is 32.9 Å². The van der Waals surface area contributed by atoms with Crippen LogP contribution < -0.4 is 0 Å². The van der Waals surface area contributed by atoms with Crippen molar-refractivity contribution >= 4 is 26.8 Å². The Kier molecular flexibility index (Phi) is 2.64. The second kappa shape index (κ2) is 3.77. The van der Waals surface area contributed by atoms with Gasteiger partial charge in [0.15, 0.2) is 0 Å². The van der Waals surface area contributed by atoms with Crippen LogP contribution in [0.4, 0.5) is 0 Å². The van der Waals surface area contributed by atoms with Gasteiger partial charge in [-0.2, -0.15) is 0 Å². The van der Waals surface area contributed by atoms with Crippen molar-refractivity contribution in [2.24, 2.45) is 0 Å². The zero-order chi connectivity index (χ0) is 10.1. The lowest BCUT2D eigenvalue weighted by molar-refractivity contribution is 0.929. The van der Waals surface area contributed by atoms with E-state index in [9.17, 15) is 0 Å². The number of rotatable bonds is 2. The molecule has 0 unspecified atom stereocenters. The van der Waals surface area contributed by atoms with Crippen LogP contribution in [-0.2, 0) is 6.42 Å². The number of H-pyrrole nitrogens is 1. The number of halogens is 1. The maximum absolute atomic E-state index is 3.61. The number of benzene rings is 1. The van der Waals surface area contributed by atoms with Gasteiger partial charge in [-0.05, 0) is 40.4 Å². The molecule has 14 heavy (non-hydrogen) atoms. The van der Waals surface area contributed by atoms with Crippen molar-refractivity contribution in [3.8, 4) is 0 Å².